The molecule has 2 aromatic heterocycles. The Balaban J connectivity index is 1.25. The molecular formula is C30H23F2N3OS2. The zero-order chi connectivity index (χ0) is 26.1. The molecule has 38 heavy (non-hydrogen) atoms. The molecule has 0 radical (unpaired) electrons. The van der Waals surface area contributed by atoms with Crippen molar-refractivity contribution in [3.05, 3.63) is 124 Å². The van der Waals surface area contributed by atoms with E-state index < -0.39 is 0 Å². The lowest BCUT2D eigenvalue weighted by Crippen LogP contribution is -2.28. The Labute approximate surface area is 227 Å². The molecule has 4 nitrogen and oxygen atoms in total. The van der Waals surface area contributed by atoms with Gasteiger partial charge in [0.25, 0.3) is 5.91 Å². The van der Waals surface area contributed by atoms with Gasteiger partial charge in [0.05, 0.1) is 22.4 Å². The number of thioether (sulfide) groups is 1. The molecule has 0 saturated carbocycles. The quantitative estimate of drug-likeness (QED) is 0.199. The van der Waals surface area contributed by atoms with Gasteiger partial charge in [-0.2, -0.15) is 5.10 Å². The Morgan fingerprint density at radius 1 is 0.974 bits per heavy atom. The summed E-state index contributed by atoms with van der Waals surface area (Å²) in [6, 6.07) is 24.6. The van der Waals surface area contributed by atoms with Crippen LogP contribution in [0.5, 0.6) is 0 Å². The zero-order valence-electron chi connectivity index (χ0n) is 20.3. The molecule has 1 amide bonds. The first-order valence-electron chi connectivity index (χ1n) is 12.2. The van der Waals surface area contributed by atoms with Gasteiger partial charge in [-0.15, -0.1) is 23.1 Å². The first-order chi connectivity index (χ1) is 18.5. The minimum atomic E-state index is -0.311. The number of hydrogen-bond acceptors (Lipinski definition) is 4. The third kappa shape index (κ3) is 5.01. The van der Waals surface area contributed by atoms with Gasteiger partial charge in [0.1, 0.15) is 11.6 Å². The maximum atomic E-state index is 13.8. The fourth-order valence-electron chi connectivity index (χ4n) is 4.77. The van der Waals surface area contributed by atoms with E-state index >= 15 is 0 Å². The van der Waals surface area contributed by atoms with Crippen LogP contribution >= 0.6 is 23.1 Å². The number of amides is 1. The lowest BCUT2D eigenvalue weighted by atomic mass is 10.0. The van der Waals surface area contributed by atoms with E-state index in [0.717, 1.165) is 37.5 Å². The molecule has 3 heterocycles. The van der Waals surface area contributed by atoms with Gasteiger partial charge in [0.15, 0.2) is 0 Å². The number of rotatable bonds is 7. The van der Waals surface area contributed by atoms with Gasteiger partial charge >= 0.3 is 0 Å². The van der Waals surface area contributed by atoms with Crippen LogP contribution in [0, 0.1) is 11.6 Å². The summed E-state index contributed by atoms with van der Waals surface area (Å²) < 4.78 is 29.4. The first kappa shape index (κ1) is 24.6. The van der Waals surface area contributed by atoms with Crippen LogP contribution in [0.4, 0.5) is 8.78 Å². The summed E-state index contributed by atoms with van der Waals surface area (Å²) in [6.07, 6.45) is 2.60. The summed E-state index contributed by atoms with van der Waals surface area (Å²) in [4.78, 5) is 15.5. The number of aromatic nitrogens is 1. The van der Waals surface area contributed by atoms with E-state index in [0.29, 0.717) is 13.0 Å². The number of para-hydroxylation sites is 1. The Bertz CT molecular complexity index is 1630. The van der Waals surface area contributed by atoms with Crippen molar-refractivity contribution in [2.45, 2.75) is 23.9 Å². The van der Waals surface area contributed by atoms with E-state index in [2.05, 4.69) is 4.57 Å². The molecule has 8 heteroatoms. The Morgan fingerprint density at radius 3 is 2.61 bits per heavy atom. The third-order valence-corrected chi connectivity index (χ3v) is 8.52. The lowest BCUT2D eigenvalue weighted by molar-refractivity contribution is -0.130. The molecule has 0 fully saturated rings. The molecule has 1 unspecified atom stereocenters. The minimum Gasteiger partial charge on any atom is -0.342 e. The summed E-state index contributed by atoms with van der Waals surface area (Å²) in [5.74, 6) is -0.484. The molecule has 1 aliphatic rings. The molecule has 0 N–H and O–H groups in total. The smallest absolute Gasteiger partial charge is 0.253 e. The van der Waals surface area contributed by atoms with E-state index in [1.165, 1.54) is 36.0 Å². The third-order valence-electron chi connectivity index (χ3n) is 6.57. The monoisotopic (exact) mass is 543 g/mol. The molecule has 6 rings (SSSR count). The highest BCUT2D eigenvalue weighted by Gasteiger charge is 2.33. The topological polar surface area (TPSA) is 37.6 Å². The van der Waals surface area contributed by atoms with Gasteiger partial charge in [0, 0.05) is 35.0 Å². The maximum Gasteiger partial charge on any atom is 0.253 e. The van der Waals surface area contributed by atoms with Crippen molar-refractivity contribution >= 4 is 45.6 Å². The van der Waals surface area contributed by atoms with Crippen LogP contribution in [0.25, 0.3) is 10.9 Å². The van der Waals surface area contributed by atoms with Crippen LogP contribution in [0.1, 0.15) is 28.5 Å². The van der Waals surface area contributed by atoms with Crippen LogP contribution in [0.15, 0.2) is 107 Å². The van der Waals surface area contributed by atoms with Crippen molar-refractivity contribution in [3.8, 4) is 0 Å². The van der Waals surface area contributed by atoms with Crippen LogP contribution in [0.3, 0.4) is 0 Å². The molecule has 0 saturated heterocycles. The van der Waals surface area contributed by atoms with E-state index in [9.17, 15) is 13.6 Å². The van der Waals surface area contributed by atoms with Crippen molar-refractivity contribution in [1.29, 1.82) is 0 Å². The fourth-order valence-corrected chi connectivity index (χ4v) is 6.44. The van der Waals surface area contributed by atoms with Gasteiger partial charge in [-0.3, -0.25) is 4.79 Å². The molecule has 0 aliphatic carbocycles. The van der Waals surface area contributed by atoms with Gasteiger partial charge in [-0.05, 0) is 52.9 Å². The Hall–Kier alpha value is -3.75. The summed E-state index contributed by atoms with van der Waals surface area (Å²) in [5, 5.41) is 9.31. The number of halogens is 2. The predicted molar refractivity (Wildman–Crippen MR) is 150 cm³/mol. The standard InChI is InChI=1S/C30H23F2N3OS2/c31-22-12-10-21(11-13-22)27-16-25(28-9-4-14-37-28)33-35(27)30(36)19-38-29-18-34(26-8-2-1-7-24(26)29)17-20-5-3-6-23(32)15-20/h1-15,18,27H,16-17,19H2. The van der Waals surface area contributed by atoms with Crippen LogP contribution in [-0.2, 0) is 11.3 Å². The lowest BCUT2D eigenvalue weighted by Gasteiger charge is -2.22. The molecule has 190 valence electrons. The number of fused-ring (bicyclic) bond motifs is 1. The average molecular weight is 544 g/mol. The summed E-state index contributed by atoms with van der Waals surface area (Å²) in [7, 11) is 0. The second-order valence-corrected chi connectivity index (χ2v) is 11.1. The van der Waals surface area contributed by atoms with Gasteiger partial charge < -0.3 is 4.57 Å². The van der Waals surface area contributed by atoms with Crippen molar-refractivity contribution in [3.63, 3.8) is 0 Å². The van der Waals surface area contributed by atoms with E-state index in [1.54, 1.807) is 34.5 Å². The number of thiophene rings is 1. The van der Waals surface area contributed by atoms with Crippen molar-refractivity contribution in [1.82, 2.24) is 9.58 Å². The Morgan fingerprint density at radius 2 is 1.82 bits per heavy atom. The number of carbonyl (C=O) groups excluding carboxylic acids is 1. The number of hydrogen-bond donors (Lipinski definition) is 0. The largest absolute Gasteiger partial charge is 0.342 e. The molecule has 0 bridgehead atoms. The second kappa shape index (κ2) is 10.6. The van der Waals surface area contributed by atoms with Gasteiger partial charge in [-0.25, -0.2) is 13.8 Å². The van der Waals surface area contributed by atoms with Gasteiger partial charge in [0.2, 0.25) is 0 Å². The highest BCUT2D eigenvalue weighted by atomic mass is 32.2. The number of hydrazone groups is 1. The summed E-state index contributed by atoms with van der Waals surface area (Å²) in [6.45, 7) is 0.528. The zero-order valence-corrected chi connectivity index (χ0v) is 21.9. The molecular weight excluding hydrogens is 520 g/mol. The number of benzene rings is 3. The van der Waals surface area contributed by atoms with Crippen LogP contribution < -0.4 is 0 Å². The summed E-state index contributed by atoms with van der Waals surface area (Å²) >= 11 is 3.05. The van der Waals surface area contributed by atoms with E-state index in [1.807, 2.05) is 54.0 Å². The Kier molecular flexibility index (Phi) is 6.82. The highest BCUT2D eigenvalue weighted by molar-refractivity contribution is 8.00. The van der Waals surface area contributed by atoms with E-state index in [4.69, 9.17) is 5.10 Å². The number of carbonyl (C=O) groups is 1. The van der Waals surface area contributed by atoms with Crippen molar-refractivity contribution in [2.24, 2.45) is 5.10 Å². The summed E-state index contributed by atoms with van der Waals surface area (Å²) in [5.41, 5.74) is 3.61. The maximum absolute atomic E-state index is 13.8. The second-order valence-electron chi connectivity index (χ2n) is 9.09. The molecule has 3 aromatic carbocycles. The minimum absolute atomic E-state index is 0.113. The van der Waals surface area contributed by atoms with Gasteiger partial charge in [-0.1, -0.05) is 48.5 Å². The highest BCUT2D eigenvalue weighted by Crippen LogP contribution is 2.36. The van der Waals surface area contributed by atoms with Crippen LogP contribution in [0.2, 0.25) is 0 Å². The first-order valence-corrected chi connectivity index (χ1v) is 14.1. The average Bonchev–Trinajstić information content (AvgIpc) is 3.67. The molecule has 1 aliphatic heterocycles. The van der Waals surface area contributed by atoms with Crippen molar-refractivity contribution in [2.75, 3.05) is 5.75 Å². The molecule has 0 spiro atoms. The van der Waals surface area contributed by atoms with Crippen LogP contribution in [-0.4, -0.2) is 26.9 Å². The molecule has 1 atom stereocenters. The normalized spacial score (nSPS) is 15.3. The molecule has 5 aromatic rings. The van der Waals surface area contributed by atoms with Crippen molar-refractivity contribution < 1.29 is 13.6 Å². The SMILES string of the molecule is O=C(CSc1cn(Cc2cccc(F)c2)c2ccccc12)N1N=C(c2cccs2)CC1c1ccc(F)cc1. The predicted octanol–water partition coefficient (Wildman–Crippen LogP) is 7.50. The fraction of sp³-hybridized carbons (Fsp3) is 0.133. The van der Waals surface area contributed by atoms with E-state index in [-0.39, 0.29) is 29.3 Å². The number of nitrogens with zero attached hydrogens (tertiary/aromatic N) is 3.